The van der Waals surface area contributed by atoms with E-state index < -0.39 is 17.2 Å². The summed E-state index contributed by atoms with van der Waals surface area (Å²) in [7, 11) is 3.11. The Labute approximate surface area is 208 Å². The van der Waals surface area contributed by atoms with Crippen molar-refractivity contribution < 1.29 is 14.3 Å². The average Bonchev–Trinajstić information content (AvgIpc) is 2.84. The van der Waals surface area contributed by atoms with Gasteiger partial charge in [0.25, 0.3) is 5.56 Å². The van der Waals surface area contributed by atoms with Crippen LogP contribution in [0.3, 0.4) is 0 Å². The number of H-pyrrole nitrogens is 1. The molecule has 0 bridgehead atoms. The van der Waals surface area contributed by atoms with E-state index in [4.69, 9.17) is 9.47 Å². The molecule has 1 atom stereocenters. The van der Waals surface area contributed by atoms with Gasteiger partial charge in [-0.05, 0) is 35.6 Å². The van der Waals surface area contributed by atoms with Gasteiger partial charge in [0.2, 0.25) is 0 Å². The number of benzene rings is 2. The molecule has 1 aliphatic heterocycles. The minimum Gasteiger partial charge on any atom is -0.497 e. The Kier molecular flexibility index (Phi) is 5.82. The first-order chi connectivity index (χ1) is 17.2. The molecule has 0 amide bonds. The van der Waals surface area contributed by atoms with E-state index in [1.165, 1.54) is 4.57 Å². The van der Waals surface area contributed by atoms with Gasteiger partial charge in [0.1, 0.15) is 17.3 Å². The van der Waals surface area contributed by atoms with Crippen molar-refractivity contribution in [1.82, 2.24) is 9.55 Å². The zero-order valence-electron chi connectivity index (χ0n) is 20.8. The van der Waals surface area contributed by atoms with Crippen LogP contribution in [0.1, 0.15) is 49.3 Å². The van der Waals surface area contributed by atoms with E-state index in [-0.39, 0.29) is 17.7 Å². The first-order valence-corrected chi connectivity index (χ1v) is 11.9. The van der Waals surface area contributed by atoms with Crippen molar-refractivity contribution >= 4 is 11.6 Å². The Morgan fingerprint density at radius 2 is 1.75 bits per heavy atom. The summed E-state index contributed by atoms with van der Waals surface area (Å²) in [5.74, 6) is 0.737. The lowest BCUT2D eigenvalue weighted by molar-refractivity contribution is -0.118. The number of nitrogens with zero attached hydrogens (tertiary/aromatic N) is 1. The molecule has 8 nitrogen and oxygen atoms in total. The Morgan fingerprint density at radius 1 is 1.00 bits per heavy atom. The van der Waals surface area contributed by atoms with E-state index in [0.29, 0.717) is 46.9 Å². The molecule has 2 aliphatic rings. The summed E-state index contributed by atoms with van der Waals surface area (Å²) >= 11 is 0. The second-order valence-corrected chi connectivity index (χ2v) is 10.1. The summed E-state index contributed by atoms with van der Waals surface area (Å²) in [6, 6.07) is 14.9. The molecular weight excluding hydrogens is 458 g/mol. The summed E-state index contributed by atoms with van der Waals surface area (Å²) in [5, 5.41) is 3.35. The van der Waals surface area contributed by atoms with E-state index >= 15 is 0 Å². The highest BCUT2D eigenvalue weighted by Crippen LogP contribution is 2.49. The number of carbonyl (C=O) groups excluding carboxylic acids is 1. The first kappa shape index (κ1) is 23.7. The number of hydrogen-bond acceptors (Lipinski definition) is 6. The zero-order chi connectivity index (χ0) is 25.6. The average molecular weight is 488 g/mol. The van der Waals surface area contributed by atoms with Gasteiger partial charge in [0.05, 0.1) is 32.2 Å². The van der Waals surface area contributed by atoms with E-state index in [1.54, 1.807) is 32.4 Å². The molecule has 2 heterocycles. The third-order valence-electron chi connectivity index (χ3n) is 6.93. The molecule has 0 unspecified atom stereocenters. The van der Waals surface area contributed by atoms with Crippen LogP contribution in [-0.2, 0) is 11.3 Å². The predicted octanol–water partition coefficient (Wildman–Crippen LogP) is 3.80. The first-order valence-electron chi connectivity index (χ1n) is 11.9. The van der Waals surface area contributed by atoms with E-state index in [2.05, 4.69) is 10.3 Å². The topological polar surface area (TPSA) is 102 Å². The number of allylic oxidation sites excluding steroid dienone is 2. The molecule has 0 saturated heterocycles. The van der Waals surface area contributed by atoms with E-state index in [9.17, 15) is 14.4 Å². The lowest BCUT2D eigenvalue weighted by atomic mass is 9.69. The molecular formula is C28H29N3O5. The number of carbonyl (C=O) groups is 1. The van der Waals surface area contributed by atoms with Crippen LogP contribution in [0.4, 0.5) is 5.82 Å². The number of aromatic amines is 1. The van der Waals surface area contributed by atoms with E-state index in [1.807, 2.05) is 44.2 Å². The van der Waals surface area contributed by atoms with Crippen LogP contribution in [0, 0.1) is 5.41 Å². The molecule has 2 N–H and O–H groups in total. The third kappa shape index (κ3) is 4.02. The maximum atomic E-state index is 13.6. The number of fused-ring (bicyclic) bond motifs is 1. The third-order valence-corrected chi connectivity index (χ3v) is 6.93. The van der Waals surface area contributed by atoms with Crippen LogP contribution in [0.25, 0.3) is 0 Å². The van der Waals surface area contributed by atoms with Gasteiger partial charge in [-0.25, -0.2) is 4.79 Å². The number of methoxy groups -OCH3 is 2. The Bertz CT molecular complexity index is 1500. The van der Waals surface area contributed by atoms with E-state index in [0.717, 1.165) is 11.3 Å². The molecule has 0 radical (unpaired) electrons. The molecule has 0 saturated carbocycles. The van der Waals surface area contributed by atoms with Crippen molar-refractivity contribution in [3.05, 3.63) is 97.3 Å². The fourth-order valence-corrected chi connectivity index (χ4v) is 5.35. The zero-order valence-corrected chi connectivity index (χ0v) is 20.8. The van der Waals surface area contributed by atoms with Gasteiger partial charge < -0.3 is 14.8 Å². The van der Waals surface area contributed by atoms with Gasteiger partial charge in [0, 0.05) is 23.3 Å². The normalized spacial score (nSPS) is 18.2. The van der Waals surface area contributed by atoms with Crippen molar-refractivity contribution in [2.24, 2.45) is 5.41 Å². The Hall–Kier alpha value is -4.07. The molecule has 5 rings (SSSR count). The van der Waals surface area contributed by atoms with Crippen LogP contribution in [0.2, 0.25) is 0 Å². The molecule has 3 aromatic rings. The lowest BCUT2D eigenvalue weighted by Gasteiger charge is -2.39. The van der Waals surface area contributed by atoms with Crippen LogP contribution in [-0.4, -0.2) is 29.6 Å². The number of aromatic nitrogens is 2. The maximum absolute atomic E-state index is 13.6. The van der Waals surface area contributed by atoms with Crippen LogP contribution >= 0.6 is 0 Å². The molecule has 1 aromatic heterocycles. The van der Waals surface area contributed by atoms with Crippen molar-refractivity contribution in [2.75, 3.05) is 19.5 Å². The highest BCUT2D eigenvalue weighted by molar-refractivity contribution is 6.01. The summed E-state index contributed by atoms with van der Waals surface area (Å²) < 4.78 is 12.7. The summed E-state index contributed by atoms with van der Waals surface area (Å²) in [6.07, 6.45) is 0.954. The number of anilines is 1. The fourth-order valence-electron chi connectivity index (χ4n) is 5.35. The maximum Gasteiger partial charge on any atom is 0.330 e. The molecule has 8 heteroatoms. The number of Topliss-reactive ketones (excluding diaryl/α,β-unsaturated/α-hetero) is 1. The fraction of sp³-hybridized carbons (Fsp3) is 0.321. The Morgan fingerprint density at radius 3 is 2.44 bits per heavy atom. The summed E-state index contributed by atoms with van der Waals surface area (Å²) in [4.78, 5) is 42.6. The molecule has 2 aromatic carbocycles. The minimum absolute atomic E-state index is 0.0329. The van der Waals surface area contributed by atoms with Crippen molar-refractivity contribution in [3.63, 3.8) is 0 Å². The van der Waals surface area contributed by atoms with Crippen molar-refractivity contribution in [2.45, 2.75) is 39.2 Å². The highest BCUT2D eigenvalue weighted by atomic mass is 16.5. The summed E-state index contributed by atoms with van der Waals surface area (Å²) in [6.45, 7) is 4.34. The highest BCUT2D eigenvalue weighted by Gasteiger charge is 2.43. The van der Waals surface area contributed by atoms with Crippen LogP contribution in [0.15, 0.2) is 69.4 Å². The van der Waals surface area contributed by atoms with Gasteiger partial charge in [-0.15, -0.1) is 0 Å². The van der Waals surface area contributed by atoms with Gasteiger partial charge in [-0.3, -0.25) is 19.1 Å². The monoisotopic (exact) mass is 487 g/mol. The quantitative estimate of drug-likeness (QED) is 0.568. The van der Waals surface area contributed by atoms with Crippen LogP contribution in [0.5, 0.6) is 11.5 Å². The number of ketones is 1. The van der Waals surface area contributed by atoms with Crippen molar-refractivity contribution in [1.29, 1.82) is 0 Å². The van der Waals surface area contributed by atoms with Crippen molar-refractivity contribution in [3.8, 4) is 11.5 Å². The Balaban J connectivity index is 1.82. The number of rotatable bonds is 5. The number of nitrogens with one attached hydrogen (secondary N) is 2. The molecule has 1 aliphatic carbocycles. The lowest BCUT2D eigenvalue weighted by Crippen LogP contribution is -2.42. The SMILES string of the molecule is COc1ccc(OC)c([C@H]2C3=C(CC(C)(C)CC3=O)Nc3c2c(=O)[nH]c(=O)n3Cc2ccccc2)c1. The molecule has 186 valence electrons. The number of hydrogen-bond donors (Lipinski definition) is 2. The second-order valence-electron chi connectivity index (χ2n) is 10.1. The minimum atomic E-state index is -0.726. The molecule has 0 spiro atoms. The number of ether oxygens (including phenoxy) is 2. The largest absolute Gasteiger partial charge is 0.497 e. The standard InChI is InChI=1S/C28H29N3O5/c1-28(2)13-19-23(20(32)14-28)22(18-12-17(35-3)10-11-21(18)36-4)24-25(29-19)31(27(34)30-26(24)33)15-16-8-6-5-7-9-16/h5-12,22,29H,13-15H2,1-4H3,(H,30,33,34)/t22-/m0/s1. The predicted molar refractivity (Wildman–Crippen MR) is 137 cm³/mol. The smallest absolute Gasteiger partial charge is 0.330 e. The molecule has 0 fully saturated rings. The molecule has 36 heavy (non-hydrogen) atoms. The van der Waals surface area contributed by atoms with Gasteiger partial charge in [-0.2, -0.15) is 0 Å². The van der Waals surface area contributed by atoms with Crippen LogP contribution < -0.4 is 26.0 Å². The summed E-state index contributed by atoms with van der Waals surface area (Å²) in [5.41, 5.74) is 1.79. The van der Waals surface area contributed by atoms with Gasteiger partial charge in [0.15, 0.2) is 5.78 Å². The second kappa shape index (κ2) is 8.86. The van der Waals surface area contributed by atoms with Gasteiger partial charge in [-0.1, -0.05) is 44.2 Å². The van der Waals surface area contributed by atoms with Gasteiger partial charge >= 0.3 is 5.69 Å².